The number of carbonyl (C=O) groups excluding carboxylic acids is 5. The van der Waals surface area contributed by atoms with Crippen LogP contribution in [-0.2, 0) is 41.6 Å². The Morgan fingerprint density at radius 1 is 0.643 bits per heavy atom. The topological polar surface area (TPSA) is 277 Å². The summed E-state index contributed by atoms with van der Waals surface area (Å²) < 4.78 is 0. The van der Waals surface area contributed by atoms with Crippen LogP contribution in [0.1, 0.15) is 30.4 Å². The first-order valence-electron chi connectivity index (χ1n) is 12.8. The van der Waals surface area contributed by atoms with Crippen LogP contribution in [0.5, 0.6) is 11.5 Å². The Balaban J connectivity index is 2.27. The number of hydrogen-bond acceptors (Lipinski definition) is 9. The molecule has 15 nitrogen and oxygen atoms in total. The zero-order valence-corrected chi connectivity index (χ0v) is 22.5. The van der Waals surface area contributed by atoms with Gasteiger partial charge in [-0.1, -0.05) is 24.3 Å². The Morgan fingerprint density at radius 3 is 1.52 bits per heavy atom. The minimum atomic E-state index is -1.44. The van der Waals surface area contributed by atoms with Crippen molar-refractivity contribution in [2.24, 2.45) is 17.2 Å². The smallest absolute Gasteiger partial charge is 0.326 e. The summed E-state index contributed by atoms with van der Waals surface area (Å²) in [4.78, 5) is 73.6. The molecule has 0 bridgehead atoms. The van der Waals surface area contributed by atoms with Crippen molar-refractivity contribution in [2.45, 2.75) is 56.3 Å². The van der Waals surface area contributed by atoms with Gasteiger partial charge in [0.05, 0.1) is 12.5 Å². The number of rotatable bonds is 16. The minimum absolute atomic E-state index is 0.0339. The average molecular weight is 587 g/mol. The number of nitrogens with two attached hydrogens (primary N) is 3. The molecule has 5 amide bonds. The van der Waals surface area contributed by atoms with Crippen molar-refractivity contribution < 1.29 is 44.1 Å². The van der Waals surface area contributed by atoms with E-state index in [9.17, 15) is 44.1 Å². The molecule has 0 heterocycles. The van der Waals surface area contributed by atoms with Gasteiger partial charge in [-0.25, -0.2) is 4.79 Å². The van der Waals surface area contributed by atoms with Crippen molar-refractivity contribution in [3.63, 3.8) is 0 Å². The first kappa shape index (κ1) is 33.0. The number of amides is 5. The molecule has 42 heavy (non-hydrogen) atoms. The Morgan fingerprint density at radius 2 is 1.07 bits per heavy atom. The van der Waals surface area contributed by atoms with Gasteiger partial charge in [-0.05, 0) is 41.8 Å². The Bertz CT molecular complexity index is 1280. The second kappa shape index (κ2) is 15.6. The van der Waals surface area contributed by atoms with Crippen LogP contribution in [0.4, 0.5) is 0 Å². The molecule has 4 atom stereocenters. The van der Waals surface area contributed by atoms with Crippen LogP contribution in [0.3, 0.4) is 0 Å². The van der Waals surface area contributed by atoms with Gasteiger partial charge in [0.15, 0.2) is 0 Å². The molecule has 15 heteroatoms. The van der Waals surface area contributed by atoms with Crippen LogP contribution in [0.2, 0.25) is 0 Å². The van der Waals surface area contributed by atoms with Gasteiger partial charge in [0.25, 0.3) is 0 Å². The molecule has 2 aromatic rings. The summed E-state index contributed by atoms with van der Waals surface area (Å²) in [6.45, 7) is 0. The molecule has 12 N–H and O–H groups in total. The molecule has 0 aromatic heterocycles. The molecule has 0 radical (unpaired) electrons. The first-order valence-corrected chi connectivity index (χ1v) is 12.8. The summed E-state index contributed by atoms with van der Waals surface area (Å²) in [6.07, 6.45) is -1.42. The highest BCUT2D eigenvalue weighted by molar-refractivity contribution is 5.95. The molecule has 0 spiro atoms. The van der Waals surface area contributed by atoms with Gasteiger partial charge in [0.1, 0.15) is 29.6 Å². The number of phenolic OH excluding ortho intramolecular Hbond substituents is 2. The summed E-state index contributed by atoms with van der Waals surface area (Å²) in [5, 5.41) is 35.8. The van der Waals surface area contributed by atoms with Crippen molar-refractivity contribution in [1.29, 1.82) is 0 Å². The van der Waals surface area contributed by atoms with E-state index in [1.54, 1.807) is 0 Å². The molecule has 0 aliphatic carbocycles. The minimum Gasteiger partial charge on any atom is -0.508 e. The van der Waals surface area contributed by atoms with Crippen LogP contribution in [0, 0.1) is 0 Å². The molecule has 0 fully saturated rings. The number of phenols is 2. The van der Waals surface area contributed by atoms with Crippen LogP contribution < -0.4 is 33.2 Å². The lowest BCUT2D eigenvalue weighted by Gasteiger charge is -2.25. The molecule has 0 saturated carbocycles. The monoisotopic (exact) mass is 586 g/mol. The fraction of sp³-hybridized carbons (Fsp3) is 0.333. The summed E-state index contributed by atoms with van der Waals surface area (Å²) >= 11 is 0. The highest BCUT2D eigenvalue weighted by atomic mass is 16.4. The maximum Gasteiger partial charge on any atom is 0.326 e. The van der Waals surface area contributed by atoms with Crippen molar-refractivity contribution in [3.8, 4) is 11.5 Å². The van der Waals surface area contributed by atoms with Crippen molar-refractivity contribution >= 4 is 35.5 Å². The predicted octanol–water partition coefficient (Wildman–Crippen LogP) is -2.11. The molecule has 0 saturated heterocycles. The van der Waals surface area contributed by atoms with E-state index < -0.39 is 66.1 Å². The quantitative estimate of drug-likeness (QED) is 0.103. The molecule has 4 unspecified atom stereocenters. The average Bonchev–Trinajstić information content (AvgIpc) is 2.91. The van der Waals surface area contributed by atoms with E-state index in [-0.39, 0.29) is 37.2 Å². The molecular formula is C27H34N6O9. The van der Waals surface area contributed by atoms with Crippen LogP contribution >= 0.6 is 0 Å². The van der Waals surface area contributed by atoms with E-state index in [2.05, 4.69) is 16.0 Å². The van der Waals surface area contributed by atoms with Gasteiger partial charge < -0.3 is 48.5 Å². The summed E-state index contributed by atoms with van der Waals surface area (Å²) in [7, 11) is 0. The second-order valence-corrected chi connectivity index (χ2v) is 9.54. The van der Waals surface area contributed by atoms with Crippen molar-refractivity contribution in [3.05, 3.63) is 59.7 Å². The standard InChI is InChI=1S/C27H34N6O9/c28-18(13-23(30)37)24(38)32-20(11-14-1-5-16(34)6-2-14)26(40)31-19(9-10-22(29)36)25(39)33-21(27(41)42)12-15-3-7-17(35)8-4-15/h1-8,18-21,34-35H,9-13,28H2,(H2,29,36)(H2,30,37)(H,31,40)(H,32,38)(H,33,39)(H,41,42). The SMILES string of the molecule is NC(=O)CCC(NC(=O)C(Cc1ccc(O)cc1)NC(=O)C(N)CC(N)=O)C(=O)NC(Cc1ccc(O)cc1)C(=O)O. The number of carbonyl (C=O) groups is 6. The molecule has 226 valence electrons. The van der Waals surface area contributed by atoms with Gasteiger partial charge in [0, 0.05) is 19.3 Å². The van der Waals surface area contributed by atoms with E-state index in [0.717, 1.165) is 0 Å². The fourth-order valence-electron chi connectivity index (χ4n) is 3.83. The van der Waals surface area contributed by atoms with E-state index in [1.807, 2.05) is 0 Å². The number of primary amides is 2. The first-order chi connectivity index (χ1) is 19.7. The normalized spacial score (nSPS) is 13.5. The third-order valence-electron chi connectivity index (χ3n) is 6.07. The van der Waals surface area contributed by atoms with E-state index in [0.29, 0.717) is 11.1 Å². The Hall–Kier alpha value is -5.18. The van der Waals surface area contributed by atoms with Gasteiger partial charge in [0.2, 0.25) is 29.5 Å². The predicted molar refractivity (Wildman–Crippen MR) is 147 cm³/mol. The van der Waals surface area contributed by atoms with Gasteiger partial charge in [-0.3, -0.25) is 24.0 Å². The van der Waals surface area contributed by atoms with Crippen LogP contribution in [0.15, 0.2) is 48.5 Å². The summed E-state index contributed by atoms with van der Waals surface area (Å²) in [6, 6.07) is 5.74. The Kier molecular flexibility index (Phi) is 12.2. The third-order valence-corrected chi connectivity index (χ3v) is 6.07. The van der Waals surface area contributed by atoms with Crippen LogP contribution in [0.25, 0.3) is 0 Å². The van der Waals surface area contributed by atoms with E-state index in [1.165, 1.54) is 48.5 Å². The number of aliphatic carboxylic acids is 1. The van der Waals surface area contributed by atoms with Gasteiger partial charge >= 0.3 is 5.97 Å². The molecular weight excluding hydrogens is 552 g/mol. The second-order valence-electron chi connectivity index (χ2n) is 9.54. The lowest BCUT2D eigenvalue weighted by molar-refractivity contribution is -0.142. The zero-order chi connectivity index (χ0) is 31.4. The number of hydrogen-bond donors (Lipinski definition) is 9. The number of nitrogens with one attached hydrogen (secondary N) is 3. The fourth-order valence-corrected chi connectivity index (χ4v) is 3.83. The van der Waals surface area contributed by atoms with Crippen molar-refractivity contribution in [2.75, 3.05) is 0 Å². The zero-order valence-electron chi connectivity index (χ0n) is 22.5. The highest BCUT2D eigenvalue weighted by Gasteiger charge is 2.31. The van der Waals surface area contributed by atoms with E-state index in [4.69, 9.17) is 17.2 Å². The Labute approximate surface area is 240 Å². The summed E-state index contributed by atoms with van der Waals surface area (Å²) in [5.41, 5.74) is 17.0. The number of benzene rings is 2. The lowest BCUT2D eigenvalue weighted by atomic mass is 10.0. The summed E-state index contributed by atoms with van der Waals surface area (Å²) in [5.74, 6) is -5.80. The van der Waals surface area contributed by atoms with Gasteiger partial charge in [-0.15, -0.1) is 0 Å². The van der Waals surface area contributed by atoms with Crippen molar-refractivity contribution in [1.82, 2.24) is 16.0 Å². The molecule has 0 aliphatic rings. The maximum atomic E-state index is 13.4. The number of aromatic hydroxyl groups is 2. The maximum absolute atomic E-state index is 13.4. The highest BCUT2D eigenvalue weighted by Crippen LogP contribution is 2.13. The largest absolute Gasteiger partial charge is 0.508 e. The molecule has 2 rings (SSSR count). The number of carboxylic acids is 1. The van der Waals surface area contributed by atoms with Crippen LogP contribution in [-0.4, -0.2) is 75.0 Å². The number of carboxylic acid groups (broad SMARTS) is 1. The molecule has 0 aliphatic heterocycles. The lowest BCUT2D eigenvalue weighted by Crippen LogP contribution is -2.58. The molecule has 2 aromatic carbocycles. The van der Waals surface area contributed by atoms with Gasteiger partial charge in [-0.2, -0.15) is 0 Å². The third kappa shape index (κ3) is 11.1. The van der Waals surface area contributed by atoms with E-state index >= 15 is 0 Å².